The molecule has 0 saturated carbocycles. The quantitative estimate of drug-likeness (QED) is 0.343. The molecule has 0 aliphatic carbocycles. The number of aliphatic hydroxyl groups is 1. The van der Waals surface area contributed by atoms with E-state index in [2.05, 4.69) is 0 Å². The van der Waals surface area contributed by atoms with E-state index in [-0.39, 0.29) is 11.3 Å². The van der Waals surface area contributed by atoms with Crippen LogP contribution in [-0.2, 0) is 9.59 Å². The molecule has 33 heavy (non-hydrogen) atoms. The van der Waals surface area contributed by atoms with Crippen molar-refractivity contribution in [3.8, 4) is 11.5 Å². The molecule has 4 rings (SSSR count). The van der Waals surface area contributed by atoms with E-state index in [1.807, 2.05) is 32.0 Å². The summed E-state index contributed by atoms with van der Waals surface area (Å²) in [6.07, 6.45) is 0. The van der Waals surface area contributed by atoms with Gasteiger partial charge in [0, 0.05) is 11.3 Å². The number of Topliss-reactive ketones (excluding diaryl/α,β-unsaturated/α-hetero) is 1. The van der Waals surface area contributed by atoms with Gasteiger partial charge in [0.15, 0.2) is 0 Å². The standard InChI is InChI=1S/C27H25NO5/c1-16-13-17(2)15-20(14-16)28-24(18-5-9-21(32-3)10-6-18)23(26(30)27(28)31)25(29)19-7-11-22(33-4)12-8-19/h5-15,24,29H,1-4H3/b25-23+. The predicted octanol–water partition coefficient (Wildman–Crippen LogP) is 4.95. The summed E-state index contributed by atoms with van der Waals surface area (Å²) in [6.45, 7) is 3.87. The summed E-state index contributed by atoms with van der Waals surface area (Å²) in [5.41, 5.74) is 3.68. The molecule has 1 amide bonds. The third-order valence-corrected chi connectivity index (χ3v) is 5.72. The zero-order valence-corrected chi connectivity index (χ0v) is 19.0. The van der Waals surface area contributed by atoms with Gasteiger partial charge in [0.2, 0.25) is 0 Å². The zero-order chi connectivity index (χ0) is 23.7. The van der Waals surface area contributed by atoms with Gasteiger partial charge in [0.25, 0.3) is 11.7 Å². The molecule has 0 aromatic heterocycles. The average Bonchev–Trinajstić information content (AvgIpc) is 3.08. The first-order valence-corrected chi connectivity index (χ1v) is 10.5. The molecular weight excluding hydrogens is 418 g/mol. The van der Waals surface area contributed by atoms with Crippen molar-refractivity contribution in [3.05, 3.63) is 94.6 Å². The highest BCUT2D eigenvalue weighted by Gasteiger charge is 2.47. The molecule has 3 aromatic rings. The second kappa shape index (κ2) is 8.82. The van der Waals surface area contributed by atoms with Crippen molar-refractivity contribution in [2.24, 2.45) is 0 Å². The highest BCUT2D eigenvalue weighted by Crippen LogP contribution is 2.43. The molecule has 168 valence electrons. The number of ether oxygens (including phenoxy) is 2. The Bertz CT molecular complexity index is 1220. The van der Waals surface area contributed by atoms with E-state index >= 15 is 0 Å². The second-order valence-corrected chi connectivity index (χ2v) is 8.02. The third kappa shape index (κ3) is 4.07. The molecule has 1 aliphatic heterocycles. The van der Waals surface area contributed by atoms with Crippen LogP contribution in [0.25, 0.3) is 5.76 Å². The number of carbonyl (C=O) groups is 2. The maximum absolute atomic E-state index is 13.3. The number of aliphatic hydroxyl groups excluding tert-OH is 1. The summed E-state index contributed by atoms with van der Waals surface area (Å²) < 4.78 is 10.4. The highest BCUT2D eigenvalue weighted by molar-refractivity contribution is 6.51. The van der Waals surface area contributed by atoms with Crippen LogP contribution < -0.4 is 14.4 Å². The molecule has 0 spiro atoms. The topological polar surface area (TPSA) is 76.1 Å². The van der Waals surface area contributed by atoms with Crippen molar-refractivity contribution < 1.29 is 24.2 Å². The number of hydrogen-bond acceptors (Lipinski definition) is 5. The Hall–Kier alpha value is -4.06. The number of aryl methyl sites for hydroxylation is 2. The summed E-state index contributed by atoms with van der Waals surface area (Å²) in [7, 11) is 3.12. The molecule has 1 unspecified atom stereocenters. The minimum atomic E-state index is -0.792. The van der Waals surface area contributed by atoms with Gasteiger partial charge in [0.05, 0.1) is 25.8 Å². The highest BCUT2D eigenvalue weighted by atomic mass is 16.5. The molecule has 1 fully saturated rings. The van der Waals surface area contributed by atoms with Gasteiger partial charge in [0.1, 0.15) is 17.3 Å². The smallest absolute Gasteiger partial charge is 0.300 e. The van der Waals surface area contributed by atoms with Crippen LogP contribution in [0.4, 0.5) is 5.69 Å². The number of rotatable bonds is 5. The van der Waals surface area contributed by atoms with Crippen LogP contribution in [0.15, 0.2) is 72.3 Å². The first-order valence-electron chi connectivity index (χ1n) is 10.5. The zero-order valence-electron chi connectivity index (χ0n) is 19.0. The summed E-state index contributed by atoms with van der Waals surface area (Å²) in [6, 6.07) is 18.8. The van der Waals surface area contributed by atoms with E-state index < -0.39 is 17.7 Å². The van der Waals surface area contributed by atoms with E-state index in [1.54, 1.807) is 62.8 Å². The van der Waals surface area contributed by atoms with E-state index in [9.17, 15) is 14.7 Å². The fourth-order valence-electron chi connectivity index (χ4n) is 4.19. The minimum Gasteiger partial charge on any atom is -0.507 e. The number of ketones is 1. The molecule has 3 aromatic carbocycles. The van der Waals surface area contributed by atoms with Gasteiger partial charge in [-0.3, -0.25) is 14.5 Å². The normalized spacial score (nSPS) is 17.3. The van der Waals surface area contributed by atoms with Crippen LogP contribution in [-0.4, -0.2) is 31.0 Å². The maximum atomic E-state index is 13.3. The van der Waals surface area contributed by atoms with Gasteiger partial charge < -0.3 is 14.6 Å². The Morgan fingerprint density at radius 3 is 1.85 bits per heavy atom. The fourth-order valence-corrected chi connectivity index (χ4v) is 4.19. The molecule has 0 radical (unpaired) electrons. The predicted molar refractivity (Wildman–Crippen MR) is 127 cm³/mol. The van der Waals surface area contributed by atoms with Gasteiger partial charge in [-0.2, -0.15) is 0 Å². The number of hydrogen-bond donors (Lipinski definition) is 1. The van der Waals surface area contributed by atoms with Crippen molar-refractivity contribution in [3.63, 3.8) is 0 Å². The molecule has 1 saturated heterocycles. The third-order valence-electron chi connectivity index (χ3n) is 5.72. The van der Waals surface area contributed by atoms with Gasteiger partial charge >= 0.3 is 0 Å². The summed E-state index contributed by atoms with van der Waals surface area (Å²) in [5.74, 6) is -0.380. The lowest BCUT2D eigenvalue weighted by molar-refractivity contribution is -0.132. The van der Waals surface area contributed by atoms with Crippen LogP contribution >= 0.6 is 0 Å². The Labute approximate surface area is 192 Å². The molecule has 1 aliphatic rings. The summed E-state index contributed by atoms with van der Waals surface area (Å²) in [5, 5.41) is 11.2. The number of methoxy groups -OCH3 is 2. The van der Waals surface area contributed by atoms with Gasteiger partial charge in [-0.1, -0.05) is 18.2 Å². The number of amides is 1. The number of anilines is 1. The molecule has 0 bridgehead atoms. The van der Waals surface area contributed by atoms with Gasteiger partial charge in [-0.25, -0.2) is 0 Å². The fraction of sp³-hybridized carbons (Fsp3) is 0.185. The number of benzene rings is 3. The van der Waals surface area contributed by atoms with Crippen LogP contribution in [0.3, 0.4) is 0 Å². The van der Waals surface area contributed by atoms with Crippen LogP contribution in [0.2, 0.25) is 0 Å². The lowest BCUT2D eigenvalue weighted by atomic mass is 9.95. The van der Waals surface area contributed by atoms with Crippen LogP contribution in [0, 0.1) is 13.8 Å². The molecule has 6 nitrogen and oxygen atoms in total. The van der Waals surface area contributed by atoms with Crippen molar-refractivity contribution in [2.75, 3.05) is 19.1 Å². The maximum Gasteiger partial charge on any atom is 0.300 e. The first kappa shape index (κ1) is 22.1. The lowest BCUT2D eigenvalue weighted by Crippen LogP contribution is -2.29. The Kier molecular flexibility index (Phi) is 5.92. The summed E-state index contributed by atoms with van der Waals surface area (Å²) in [4.78, 5) is 28.0. The second-order valence-electron chi connectivity index (χ2n) is 8.02. The van der Waals surface area contributed by atoms with Gasteiger partial charge in [-0.05, 0) is 79.1 Å². The largest absolute Gasteiger partial charge is 0.507 e. The minimum absolute atomic E-state index is 0.0366. The van der Waals surface area contributed by atoms with Crippen molar-refractivity contribution >= 4 is 23.1 Å². The van der Waals surface area contributed by atoms with E-state index in [4.69, 9.17) is 9.47 Å². The molecular formula is C27H25NO5. The first-order chi connectivity index (χ1) is 15.8. The van der Waals surface area contributed by atoms with Crippen LogP contribution in [0.5, 0.6) is 11.5 Å². The Morgan fingerprint density at radius 1 is 0.818 bits per heavy atom. The molecule has 1 heterocycles. The van der Waals surface area contributed by atoms with Crippen molar-refractivity contribution in [1.29, 1.82) is 0 Å². The van der Waals surface area contributed by atoms with Crippen LogP contribution in [0.1, 0.15) is 28.3 Å². The monoisotopic (exact) mass is 443 g/mol. The molecule has 6 heteroatoms. The van der Waals surface area contributed by atoms with Gasteiger partial charge in [-0.15, -0.1) is 0 Å². The lowest BCUT2D eigenvalue weighted by Gasteiger charge is -2.26. The van der Waals surface area contributed by atoms with Crippen molar-refractivity contribution in [2.45, 2.75) is 19.9 Å². The Morgan fingerprint density at radius 2 is 1.33 bits per heavy atom. The number of nitrogens with zero attached hydrogens (tertiary/aromatic N) is 1. The number of carbonyl (C=O) groups excluding carboxylic acids is 2. The SMILES string of the molecule is COc1ccc(/C(O)=C2\C(=O)C(=O)N(c3cc(C)cc(C)c3)C2c2ccc(OC)cc2)cc1. The summed E-state index contributed by atoms with van der Waals surface area (Å²) >= 11 is 0. The van der Waals surface area contributed by atoms with E-state index in [0.29, 0.717) is 28.3 Å². The van der Waals surface area contributed by atoms with Crippen molar-refractivity contribution in [1.82, 2.24) is 0 Å². The molecule has 1 atom stereocenters. The van der Waals surface area contributed by atoms with E-state index in [0.717, 1.165) is 11.1 Å². The van der Waals surface area contributed by atoms with E-state index in [1.165, 1.54) is 4.90 Å². The average molecular weight is 443 g/mol. The Balaban J connectivity index is 1.93. The molecule has 1 N–H and O–H groups in total.